The predicted octanol–water partition coefficient (Wildman–Crippen LogP) is 1.28. The number of carbonyl (C=O) groups excluding carboxylic acids is 1. The second kappa shape index (κ2) is 9.38. The van der Waals surface area contributed by atoms with Crippen molar-refractivity contribution in [3.63, 3.8) is 0 Å². The molecule has 0 fully saturated rings. The molecule has 0 aliphatic rings. The van der Waals surface area contributed by atoms with Crippen LogP contribution in [0.5, 0.6) is 0 Å². The Kier molecular flexibility index (Phi) is 7.81. The van der Waals surface area contributed by atoms with E-state index in [-0.39, 0.29) is 12.3 Å². The fraction of sp³-hybridized carbons (Fsp3) is 0.692. The Labute approximate surface area is 127 Å². The van der Waals surface area contributed by atoms with E-state index in [9.17, 15) is 9.59 Å². The molecule has 1 rings (SSSR count). The monoisotopic (exact) mass is 315 g/mol. The molecule has 21 heavy (non-hydrogen) atoms. The van der Waals surface area contributed by atoms with Gasteiger partial charge in [0.15, 0.2) is 5.82 Å². The van der Waals surface area contributed by atoms with Crippen LogP contribution in [0, 0.1) is 0 Å². The third-order valence-electron chi connectivity index (χ3n) is 2.79. The Bertz CT molecular complexity index is 464. The van der Waals surface area contributed by atoms with Gasteiger partial charge >= 0.3 is 5.97 Å². The number of aliphatic carboxylic acids is 1. The lowest BCUT2D eigenvalue weighted by atomic mass is 10.2. The maximum absolute atomic E-state index is 11.8. The predicted molar refractivity (Wildman–Crippen MR) is 79.2 cm³/mol. The summed E-state index contributed by atoms with van der Waals surface area (Å²) in [6.07, 6.45) is 4.42. The summed E-state index contributed by atoms with van der Waals surface area (Å²) in [4.78, 5) is 26.9. The lowest BCUT2D eigenvalue weighted by molar-refractivity contribution is -0.141. The summed E-state index contributed by atoms with van der Waals surface area (Å²) in [7, 11) is 0. The Morgan fingerprint density at radius 1 is 1.43 bits per heavy atom. The van der Waals surface area contributed by atoms with Crippen LogP contribution in [0.1, 0.15) is 37.9 Å². The number of aromatic nitrogens is 2. The van der Waals surface area contributed by atoms with Crippen LogP contribution in [0.25, 0.3) is 0 Å². The van der Waals surface area contributed by atoms with Gasteiger partial charge in [0.2, 0.25) is 11.8 Å². The molecule has 1 amide bonds. The van der Waals surface area contributed by atoms with Crippen molar-refractivity contribution in [1.29, 1.82) is 0 Å². The van der Waals surface area contributed by atoms with Crippen molar-refractivity contribution in [3.05, 3.63) is 11.7 Å². The molecule has 1 aromatic rings. The van der Waals surface area contributed by atoms with E-state index in [0.717, 1.165) is 12.8 Å². The minimum Gasteiger partial charge on any atom is -0.480 e. The Morgan fingerprint density at radius 3 is 2.81 bits per heavy atom. The van der Waals surface area contributed by atoms with Crippen molar-refractivity contribution in [3.8, 4) is 0 Å². The Morgan fingerprint density at radius 2 is 2.19 bits per heavy atom. The highest BCUT2D eigenvalue weighted by Gasteiger charge is 2.19. The van der Waals surface area contributed by atoms with Crippen LogP contribution in [0.3, 0.4) is 0 Å². The molecule has 1 unspecified atom stereocenters. The third-order valence-corrected chi connectivity index (χ3v) is 3.44. The van der Waals surface area contributed by atoms with Gasteiger partial charge in [0.1, 0.15) is 6.04 Å². The molecular formula is C13H21N3O4S. The summed E-state index contributed by atoms with van der Waals surface area (Å²) in [5.74, 6) is 0.390. The maximum atomic E-state index is 11.8. The van der Waals surface area contributed by atoms with E-state index < -0.39 is 12.0 Å². The number of nitrogens with zero attached hydrogens (tertiary/aromatic N) is 2. The van der Waals surface area contributed by atoms with E-state index >= 15 is 0 Å². The topological polar surface area (TPSA) is 105 Å². The van der Waals surface area contributed by atoms with Gasteiger partial charge in [0.25, 0.3) is 0 Å². The summed E-state index contributed by atoms with van der Waals surface area (Å²) < 4.78 is 5.02. The number of amides is 1. The van der Waals surface area contributed by atoms with Gasteiger partial charge in [0, 0.05) is 19.3 Å². The lowest BCUT2D eigenvalue weighted by Crippen LogP contribution is -2.41. The molecule has 1 aromatic heterocycles. The summed E-state index contributed by atoms with van der Waals surface area (Å²) in [5, 5.41) is 15.3. The molecule has 8 heteroatoms. The molecule has 118 valence electrons. The average Bonchev–Trinajstić information content (AvgIpc) is 2.89. The van der Waals surface area contributed by atoms with Gasteiger partial charge in [-0.15, -0.1) is 0 Å². The highest BCUT2D eigenvalue weighted by atomic mass is 32.2. The smallest absolute Gasteiger partial charge is 0.326 e. The maximum Gasteiger partial charge on any atom is 0.326 e. The Balaban J connectivity index is 2.39. The van der Waals surface area contributed by atoms with E-state index in [4.69, 9.17) is 9.63 Å². The number of aryl methyl sites for hydroxylation is 2. The van der Waals surface area contributed by atoms with Gasteiger partial charge < -0.3 is 14.9 Å². The molecule has 0 saturated carbocycles. The summed E-state index contributed by atoms with van der Waals surface area (Å²) in [5.41, 5.74) is 0. The van der Waals surface area contributed by atoms with E-state index in [1.54, 1.807) is 11.8 Å². The number of carboxylic acid groups (broad SMARTS) is 1. The van der Waals surface area contributed by atoms with Gasteiger partial charge in [0.05, 0.1) is 0 Å². The van der Waals surface area contributed by atoms with Crippen LogP contribution in [-0.2, 0) is 22.4 Å². The number of carbonyl (C=O) groups is 2. The fourth-order valence-corrected chi connectivity index (χ4v) is 2.17. The van der Waals surface area contributed by atoms with Gasteiger partial charge in [-0.1, -0.05) is 12.1 Å². The van der Waals surface area contributed by atoms with E-state index in [1.165, 1.54) is 0 Å². The second-order valence-electron chi connectivity index (χ2n) is 4.59. The van der Waals surface area contributed by atoms with Crippen LogP contribution in [0.4, 0.5) is 0 Å². The molecule has 0 aliphatic carbocycles. The largest absolute Gasteiger partial charge is 0.480 e. The van der Waals surface area contributed by atoms with E-state index in [0.29, 0.717) is 30.3 Å². The molecule has 0 saturated heterocycles. The average molecular weight is 315 g/mol. The van der Waals surface area contributed by atoms with Crippen LogP contribution < -0.4 is 5.32 Å². The first-order valence-corrected chi connectivity index (χ1v) is 8.28. The zero-order valence-corrected chi connectivity index (χ0v) is 13.1. The SMILES string of the molecule is CCCc1noc(CCC(=O)NC(CCSC)C(=O)O)n1. The quantitative estimate of drug-likeness (QED) is 0.670. The first-order chi connectivity index (χ1) is 10.1. The molecule has 1 heterocycles. The van der Waals surface area contributed by atoms with Crippen LogP contribution in [-0.4, -0.2) is 45.2 Å². The van der Waals surface area contributed by atoms with Gasteiger partial charge in [-0.2, -0.15) is 16.7 Å². The van der Waals surface area contributed by atoms with Crippen molar-refractivity contribution >= 4 is 23.6 Å². The van der Waals surface area contributed by atoms with Crippen molar-refractivity contribution in [2.45, 2.75) is 45.1 Å². The number of rotatable bonds is 10. The van der Waals surface area contributed by atoms with Gasteiger partial charge in [-0.05, 0) is 24.9 Å². The molecule has 0 bridgehead atoms. The molecule has 0 aromatic carbocycles. The lowest BCUT2D eigenvalue weighted by Gasteiger charge is -2.13. The molecule has 7 nitrogen and oxygen atoms in total. The highest BCUT2D eigenvalue weighted by Crippen LogP contribution is 2.05. The van der Waals surface area contributed by atoms with Gasteiger partial charge in [-0.25, -0.2) is 4.79 Å². The molecule has 1 atom stereocenters. The molecule has 0 radical (unpaired) electrons. The molecule has 2 N–H and O–H groups in total. The number of hydrogen-bond acceptors (Lipinski definition) is 6. The highest BCUT2D eigenvalue weighted by molar-refractivity contribution is 7.98. The zero-order valence-electron chi connectivity index (χ0n) is 12.3. The first kappa shape index (κ1) is 17.5. The van der Waals surface area contributed by atoms with Crippen molar-refractivity contribution in [2.24, 2.45) is 0 Å². The fourth-order valence-electron chi connectivity index (χ4n) is 1.70. The van der Waals surface area contributed by atoms with Crippen LogP contribution in [0.2, 0.25) is 0 Å². The van der Waals surface area contributed by atoms with Crippen molar-refractivity contribution < 1.29 is 19.2 Å². The molecule has 0 spiro atoms. The number of carboxylic acids is 1. The number of hydrogen-bond donors (Lipinski definition) is 2. The van der Waals surface area contributed by atoms with Crippen LogP contribution >= 0.6 is 11.8 Å². The van der Waals surface area contributed by atoms with Crippen molar-refractivity contribution in [2.75, 3.05) is 12.0 Å². The molecular weight excluding hydrogens is 294 g/mol. The van der Waals surface area contributed by atoms with Gasteiger partial charge in [-0.3, -0.25) is 4.79 Å². The summed E-state index contributed by atoms with van der Waals surface area (Å²) in [6, 6.07) is -0.844. The Hall–Kier alpha value is -1.57. The summed E-state index contributed by atoms with van der Waals surface area (Å²) >= 11 is 1.54. The van der Waals surface area contributed by atoms with E-state index in [1.807, 2.05) is 13.2 Å². The van der Waals surface area contributed by atoms with E-state index in [2.05, 4.69) is 15.5 Å². The zero-order chi connectivity index (χ0) is 15.7. The third kappa shape index (κ3) is 6.61. The minimum absolute atomic E-state index is 0.136. The van der Waals surface area contributed by atoms with Crippen molar-refractivity contribution in [1.82, 2.24) is 15.5 Å². The second-order valence-corrected chi connectivity index (χ2v) is 5.58. The molecule has 0 aliphatic heterocycles. The number of thioether (sulfide) groups is 1. The normalized spacial score (nSPS) is 12.1. The summed E-state index contributed by atoms with van der Waals surface area (Å²) in [6.45, 7) is 2.02. The standard InChI is InChI=1S/C13H21N3O4S/c1-3-4-10-15-12(20-16-10)6-5-11(17)14-9(13(18)19)7-8-21-2/h9H,3-8H2,1-2H3,(H,14,17)(H,18,19). The first-order valence-electron chi connectivity index (χ1n) is 6.89. The number of nitrogens with one attached hydrogen (secondary N) is 1. The minimum atomic E-state index is -1.01. The van der Waals surface area contributed by atoms with Crippen LogP contribution in [0.15, 0.2) is 4.52 Å².